The zero-order chi connectivity index (χ0) is 14.4. The van der Waals surface area contributed by atoms with Gasteiger partial charge in [0.2, 0.25) is 0 Å². The van der Waals surface area contributed by atoms with Gasteiger partial charge in [0, 0.05) is 12.8 Å². The summed E-state index contributed by atoms with van der Waals surface area (Å²) in [5.41, 5.74) is 2.41. The van der Waals surface area contributed by atoms with Crippen molar-refractivity contribution in [3.05, 3.63) is 35.4 Å². The molecule has 0 amide bonds. The average Bonchev–Trinajstić information content (AvgIpc) is 2.35. The molecule has 0 aromatic heterocycles. The Morgan fingerprint density at radius 1 is 1.25 bits per heavy atom. The number of esters is 1. The molecule has 1 aliphatic rings. The van der Waals surface area contributed by atoms with E-state index >= 15 is 0 Å². The van der Waals surface area contributed by atoms with Crippen molar-refractivity contribution in [3.63, 3.8) is 0 Å². The molecule has 0 aliphatic heterocycles. The maximum Gasteiger partial charge on any atom is 0.306 e. The minimum Gasteiger partial charge on any atom is -0.466 e. The summed E-state index contributed by atoms with van der Waals surface area (Å²) in [5, 5.41) is 0. The van der Waals surface area contributed by atoms with Crippen LogP contribution in [-0.4, -0.2) is 18.4 Å². The highest BCUT2D eigenvalue weighted by Crippen LogP contribution is 2.36. The third-order valence-electron chi connectivity index (χ3n) is 3.84. The van der Waals surface area contributed by atoms with E-state index in [4.69, 9.17) is 4.74 Å². The summed E-state index contributed by atoms with van der Waals surface area (Å²) in [4.78, 5) is 23.1. The van der Waals surface area contributed by atoms with Crippen LogP contribution < -0.4 is 0 Å². The predicted octanol–water partition coefficient (Wildman–Crippen LogP) is 3.41. The Balaban J connectivity index is 1.83. The van der Waals surface area contributed by atoms with Gasteiger partial charge < -0.3 is 4.74 Å². The van der Waals surface area contributed by atoms with Crippen molar-refractivity contribution in [1.29, 1.82) is 0 Å². The second kappa shape index (κ2) is 7.22. The van der Waals surface area contributed by atoms with Crippen molar-refractivity contribution < 1.29 is 14.3 Å². The molecule has 3 nitrogen and oxygen atoms in total. The van der Waals surface area contributed by atoms with E-state index in [1.165, 1.54) is 24.8 Å². The molecule has 0 heterocycles. The van der Waals surface area contributed by atoms with E-state index in [1.54, 1.807) is 6.92 Å². The van der Waals surface area contributed by atoms with E-state index < -0.39 is 0 Å². The lowest BCUT2D eigenvalue weighted by Crippen LogP contribution is -2.11. The highest BCUT2D eigenvalue weighted by atomic mass is 16.5. The molecule has 1 saturated carbocycles. The van der Waals surface area contributed by atoms with E-state index in [1.807, 2.05) is 12.1 Å². The molecule has 0 atom stereocenters. The highest BCUT2D eigenvalue weighted by Gasteiger charge is 2.19. The van der Waals surface area contributed by atoms with Crippen LogP contribution in [0.3, 0.4) is 0 Å². The number of ether oxygens (including phenoxy) is 1. The third-order valence-corrected chi connectivity index (χ3v) is 3.84. The van der Waals surface area contributed by atoms with Gasteiger partial charge in [0.15, 0.2) is 0 Å². The molecule has 0 unspecified atom stereocenters. The number of carbonyl (C=O) groups excluding carboxylic acids is 2. The summed E-state index contributed by atoms with van der Waals surface area (Å²) in [7, 11) is 0. The molecule has 1 aromatic rings. The van der Waals surface area contributed by atoms with Crippen molar-refractivity contribution >= 4 is 11.8 Å². The molecule has 1 aliphatic carbocycles. The molecule has 1 fully saturated rings. The number of hydrogen-bond acceptors (Lipinski definition) is 3. The lowest BCUT2D eigenvalue weighted by molar-refractivity contribution is -0.144. The standard InChI is InChI=1S/C17H22O3/c1-2-20-17(19)10-9-16(18)12-13-5-3-8-15(11-13)14-6-4-7-14/h3,5,8,11,14H,2,4,6-7,9-10,12H2,1H3. The van der Waals surface area contributed by atoms with Gasteiger partial charge in [-0.3, -0.25) is 9.59 Å². The van der Waals surface area contributed by atoms with Gasteiger partial charge in [0.25, 0.3) is 0 Å². The fourth-order valence-electron chi connectivity index (χ4n) is 2.49. The summed E-state index contributed by atoms with van der Waals surface area (Å²) >= 11 is 0. The minimum atomic E-state index is -0.288. The van der Waals surface area contributed by atoms with Crippen LogP contribution in [-0.2, 0) is 20.7 Å². The van der Waals surface area contributed by atoms with Crippen LogP contribution >= 0.6 is 0 Å². The molecule has 20 heavy (non-hydrogen) atoms. The molecule has 0 spiro atoms. The quantitative estimate of drug-likeness (QED) is 0.716. The van der Waals surface area contributed by atoms with Crippen molar-refractivity contribution in [2.24, 2.45) is 0 Å². The predicted molar refractivity (Wildman–Crippen MR) is 77.6 cm³/mol. The van der Waals surface area contributed by atoms with Crippen LogP contribution in [0, 0.1) is 0 Å². The van der Waals surface area contributed by atoms with E-state index in [0.717, 1.165) is 5.56 Å². The molecule has 2 rings (SSSR count). The Hall–Kier alpha value is -1.64. The van der Waals surface area contributed by atoms with Gasteiger partial charge in [0.05, 0.1) is 13.0 Å². The molecule has 0 radical (unpaired) electrons. The first kappa shape index (κ1) is 14.8. The fraction of sp³-hybridized carbons (Fsp3) is 0.529. The van der Waals surface area contributed by atoms with E-state index in [2.05, 4.69) is 12.1 Å². The lowest BCUT2D eigenvalue weighted by Gasteiger charge is -2.26. The van der Waals surface area contributed by atoms with Gasteiger partial charge in [-0.15, -0.1) is 0 Å². The summed E-state index contributed by atoms with van der Waals surface area (Å²) in [6, 6.07) is 8.31. The first-order valence-electron chi connectivity index (χ1n) is 7.45. The first-order chi connectivity index (χ1) is 9.69. The number of Topliss-reactive ketones (excluding diaryl/α,β-unsaturated/α-hetero) is 1. The number of rotatable bonds is 7. The molecule has 108 valence electrons. The van der Waals surface area contributed by atoms with Crippen molar-refractivity contribution in [3.8, 4) is 0 Å². The maximum atomic E-state index is 11.9. The van der Waals surface area contributed by atoms with Crippen LogP contribution in [0.4, 0.5) is 0 Å². The average molecular weight is 274 g/mol. The maximum absolute atomic E-state index is 11.9. The zero-order valence-electron chi connectivity index (χ0n) is 12.1. The molecule has 3 heteroatoms. The monoisotopic (exact) mass is 274 g/mol. The molecular formula is C17H22O3. The Kier molecular flexibility index (Phi) is 5.33. The molecular weight excluding hydrogens is 252 g/mol. The largest absolute Gasteiger partial charge is 0.466 e. The van der Waals surface area contributed by atoms with E-state index in [0.29, 0.717) is 18.9 Å². The zero-order valence-corrected chi connectivity index (χ0v) is 12.1. The van der Waals surface area contributed by atoms with Crippen LogP contribution in [0.25, 0.3) is 0 Å². The second-order valence-corrected chi connectivity index (χ2v) is 5.39. The Bertz CT molecular complexity index is 475. The normalized spacial score (nSPS) is 14.7. The number of benzene rings is 1. The van der Waals surface area contributed by atoms with Gasteiger partial charge in [-0.25, -0.2) is 0 Å². The van der Waals surface area contributed by atoms with Crippen molar-refractivity contribution in [1.82, 2.24) is 0 Å². The fourth-order valence-corrected chi connectivity index (χ4v) is 2.49. The van der Waals surface area contributed by atoms with Gasteiger partial charge in [0.1, 0.15) is 5.78 Å². The Morgan fingerprint density at radius 3 is 2.70 bits per heavy atom. The van der Waals surface area contributed by atoms with Crippen LogP contribution in [0.15, 0.2) is 24.3 Å². The van der Waals surface area contributed by atoms with Gasteiger partial charge >= 0.3 is 5.97 Å². The van der Waals surface area contributed by atoms with Gasteiger partial charge in [-0.1, -0.05) is 30.7 Å². The van der Waals surface area contributed by atoms with Crippen molar-refractivity contribution in [2.75, 3.05) is 6.61 Å². The van der Waals surface area contributed by atoms with Gasteiger partial charge in [-0.05, 0) is 36.8 Å². The summed E-state index contributed by atoms with van der Waals surface area (Å²) in [6.07, 6.45) is 4.72. The second-order valence-electron chi connectivity index (χ2n) is 5.39. The van der Waals surface area contributed by atoms with Crippen molar-refractivity contribution in [2.45, 2.75) is 51.4 Å². The van der Waals surface area contributed by atoms with E-state index in [9.17, 15) is 9.59 Å². The third kappa shape index (κ3) is 4.19. The highest BCUT2D eigenvalue weighted by molar-refractivity contribution is 5.84. The molecule has 0 N–H and O–H groups in total. The summed E-state index contributed by atoms with van der Waals surface area (Å²) < 4.78 is 4.82. The van der Waals surface area contributed by atoms with Crippen LogP contribution in [0.2, 0.25) is 0 Å². The lowest BCUT2D eigenvalue weighted by atomic mass is 9.79. The van der Waals surface area contributed by atoms with Crippen LogP contribution in [0.1, 0.15) is 56.1 Å². The SMILES string of the molecule is CCOC(=O)CCC(=O)Cc1cccc(C2CCC2)c1. The summed E-state index contributed by atoms with van der Waals surface area (Å²) in [6.45, 7) is 2.14. The van der Waals surface area contributed by atoms with E-state index in [-0.39, 0.29) is 24.6 Å². The number of carbonyl (C=O) groups is 2. The smallest absolute Gasteiger partial charge is 0.306 e. The minimum absolute atomic E-state index is 0.101. The Labute approximate surface area is 120 Å². The number of hydrogen-bond donors (Lipinski definition) is 0. The molecule has 0 bridgehead atoms. The Morgan fingerprint density at radius 2 is 2.05 bits per heavy atom. The molecule has 1 aromatic carbocycles. The summed E-state index contributed by atoms with van der Waals surface area (Å²) in [5.74, 6) is 0.498. The van der Waals surface area contributed by atoms with Crippen LogP contribution in [0.5, 0.6) is 0 Å². The molecule has 0 saturated heterocycles. The first-order valence-corrected chi connectivity index (χ1v) is 7.45. The topological polar surface area (TPSA) is 43.4 Å². The van der Waals surface area contributed by atoms with Gasteiger partial charge in [-0.2, -0.15) is 0 Å². The number of ketones is 1.